The highest BCUT2D eigenvalue weighted by molar-refractivity contribution is 5.78. The molecule has 0 atom stereocenters. The van der Waals surface area contributed by atoms with Crippen molar-refractivity contribution in [3.8, 4) is 11.1 Å². The van der Waals surface area contributed by atoms with E-state index in [9.17, 15) is 0 Å². The summed E-state index contributed by atoms with van der Waals surface area (Å²) in [5, 5.41) is 4.44. The molecule has 0 aliphatic rings. The lowest BCUT2D eigenvalue weighted by atomic mass is 9.99. The third kappa shape index (κ3) is 1.58. The van der Waals surface area contributed by atoms with Gasteiger partial charge in [0.05, 0.1) is 5.69 Å². The topological polar surface area (TPSA) is 43.8 Å². The van der Waals surface area contributed by atoms with Crippen LogP contribution in [0, 0.1) is 6.92 Å². The van der Waals surface area contributed by atoms with Crippen molar-refractivity contribution in [2.75, 3.05) is 5.73 Å². The molecule has 1 heterocycles. The summed E-state index contributed by atoms with van der Waals surface area (Å²) < 4.78 is 1.75. The number of aromatic nitrogens is 2. The normalized spacial score (nSPS) is 10.7. The van der Waals surface area contributed by atoms with Crippen LogP contribution < -0.4 is 5.73 Å². The minimum atomic E-state index is 0.742. The molecule has 2 N–H and O–H groups in total. The molecule has 0 aliphatic carbocycles. The van der Waals surface area contributed by atoms with Gasteiger partial charge in [-0.05, 0) is 24.5 Å². The number of hydrogen-bond acceptors (Lipinski definition) is 2. The van der Waals surface area contributed by atoms with E-state index in [4.69, 9.17) is 5.73 Å². The quantitative estimate of drug-likeness (QED) is 0.836. The summed E-state index contributed by atoms with van der Waals surface area (Å²) in [5.41, 5.74) is 10.6. The molecule has 3 nitrogen and oxygen atoms in total. The minimum Gasteiger partial charge on any atom is -0.383 e. The predicted molar refractivity (Wildman–Crippen MR) is 67.2 cm³/mol. The smallest absolute Gasteiger partial charge is 0.129 e. The molecule has 0 aliphatic heterocycles. The highest BCUT2D eigenvalue weighted by Gasteiger charge is 2.15. The number of nitrogens with two attached hydrogens (primary N) is 1. The molecular formula is C13H17N3. The fourth-order valence-corrected chi connectivity index (χ4v) is 1.99. The molecule has 0 unspecified atom stereocenters. The Balaban J connectivity index is 2.68. The van der Waals surface area contributed by atoms with E-state index >= 15 is 0 Å². The van der Waals surface area contributed by atoms with Crippen molar-refractivity contribution < 1.29 is 0 Å². The van der Waals surface area contributed by atoms with E-state index in [1.54, 1.807) is 4.68 Å². The van der Waals surface area contributed by atoms with Crippen molar-refractivity contribution in [2.45, 2.75) is 20.3 Å². The summed E-state index contributed by atoms with van der Waals surface area (Å²) in [7, 11) is 1.89. The lowest BCUT2D eigenvalue weighted by Gasteiger charge is -2.06. The lowest BCUT2D eigenvalue weighted by Crippen LogP contribution is -1.98. The van der Waals surface area contributed by atoms with Gasteiger partial charge in [-0.3, -0.25) is 4.68 Å². The van der Waals surface area contributed by atoms with Gasteiger partial charge in [0.2, 0.25) is 0 Å². The second-order valence-corrected chi connectivity index (χ2v) is 4.00. The van der Waals surface area contributed by atoms with Crippen LogP contribution in [0.3, 0.4) is 0 Å². The van der Waals surface area contributed by atoms with E-state index in [0.29, 0.717) is 0 Å². The fourth-order valence-electron chi connectivity index (χ4n) is 1.99. The van der Waals surface area contributed by atoms with E-state index < -0.39 is 0 Å². The molecule has 3 heteroatoms. The van der Waals surface area contributed by atoms with Crippen LogP contribution in [0.5, 0.6) is 0 Å². The Morgan fingerprint density at radius 1 is 1.31 bits per heavy atom. The molecule has 0 saturated heterocycles. The monoisotopic (exact) mass is 215 g/mol. The second-order valence-electron chi connectivity index (χ2n) is 4.00. The predicted octanol–water partition coefficient (Wildman–Crippen LogP) is 2.54. The highest BCUT2D eigenvalue weighted by Crippen LogP contribution is 2.31. The Bertz CT molecular complexity index is 512. The van der Waals surface area contributed by atoms with Gasteiger partial charge >= 0.3 is 0 Å². The summed E-state index contributed by atoms with van der Waals surface area (Å²) in [6, 6.07) is 8.27. The summed E-state index contributed by atoms with van der Waals surface area (Å²) in [4.78, 5) is 0. The molecule has 1 aromatic heterocycles. The third-order valence-corrected chi connectivity index (χ3v) is 2.91. The second kappa shape index (κ2) is 4.00. The van der Waals surface area contributed by atoms with E-state index in [0.717, 1.165) is 23.5 Å². The zero-order valence-electron chi connectivity index (χ0n) is 9.99. The van der Waals surface area contributed by atoms with Crippen LogP contribution in [0.4, 0.5) is 5.82 Å². The average molecular weight is 215 g/mol. The first-order chi connectivity index (χ1) is 7.65. The minimum absolute atomic E-state index is 0.742. The summed E-state index contributed by atoms with van der Waals surface area (Å²) in [6.45, 7) is 4.20. The maximum Gasteiger partial charge on any atom is 0.129 e. The number of nitrogens with zero attached hydrogens (tertiary/aromatic N) is 2. The zero-order valence-corrected chi connectivity index (χ0v) is 9.99. The standard InChI is InChI=1S/C13H17N3/c1-4-11-12(13(14)16(3)15-11)10-8-6-5-7-9(10)2/h5-8H,4,14H2,1-3H3. The number of hydrogen-bond donors (Lipinski definition) is 1. The first-order valence-corrected chi connectivity index (χ1v) is 5.52. The first kappa shape index (κ1) is 10.7. The van der Waals surface area contributed by atoms with Crippen LogP contribution in [0.1, 0.15) is 18.2 Å². The fraction of sp³-hybridized carbons (Fsp3) is 0.308. The SMILES string of the molecule is CCc1nn(C)c(N)c1-c1ccccc1C. The number of nitrogen functional groups attached to an aromatic ring is 1. The van der Waals surface area contributed by atoms with Gasteiger partial charge in [-0.25, -0.2) is 0 Å². The molecule has 0 saturated carbocycles. The molecule has 16 heavy (non-hydrogen) atoms. The summed E-state index contributed by atoms with van der Waals surface area (Å²) in [6.07, 6.45) is 0.898. The first-order valence-electron chi connectivity index (χ1n) is 5.52. The van der Waals surface area contributed by atoms with Crippen molar-refractivity contribution in [3.05, 3.63) is 35.5 Å². The molecule has 1 aromatic carbocycles. The number of rotatable bonds is 2. The zero-order chi connectivity index (χ0) is 11.7. The summed E-state index contributed by atoms with van der Waals surface area (Å²) >= 11 is 0. The Kier molecular flexibility index (Phi) is 2.69. The van der Waals surface area contributed by atoms with Crippen LogP contribution in [-0.2, 0) is 13.5 Å². The molecule has 2 aromatic rings. The molecule has 0 amide bonds. The largest absolute Gasteiger partial charge is 0.383 e. The van der Waals surface area contributed by atoms with Crippen molar-refractivity contribution in [1.82, 2.24) is 9.78 Å². The van der Waals surface area contributed by atoms with Gasteiger partial charge in [-0.2, -0.15) is 5.10 Å². The molecule has 0 fully saturated rings. The number of benzene rings is 1. The van der Waals surface area contributed by atoms with Gasteiger partial charge in [0.1, 0.15) is 5.82 Å². The summed E-state index contributed by atoms with van der Waals surface area (Å²) in [5.74, 6) is 0.742. The van der Waals surface area contributed by atoms with E-state index in [-0.39, 0.29) is 0 Å². The lowest BCUT2D eigenvalue weighted by molar-refractivity contribution is 0.755. The maximum atomic E-state index is 6.08. The van der Waals surface area contributed by atoms with E-state index in [1.807, 2.05) is 19.2 Å². The molecular weight excluding hydrogens is 198 g/mol. The molecule has 84 valence electrons. The van der Waals surface area contributed by atoms with Crippen molar-refractivity contribution in [1.29, 1.82) is 0 Å². The molecule has 0 spiro atoms. The van der Waals surface area contributed by atoms with Crippen LogP contribution in [0.25, 0.3) is 11.1 Å². The van der Waals surface area contributed by atoms with Gasteiger partial charge in [0, 0.05) is 12.6 Å². The Morgan fingerprint density at radius 3 is 2.62 bits per heavy atom. The van der Waals surface area contributed by atoms with Crippen molar-refractivity contribution >= 4 is 5.82 Å². The Morgan fingerprint density at radius 2 is 2.00 bits per heavy atom. The molecule has 0 bridgehead atoms. The van der Waals surface area contributed by atoms with E-state index in [1.165, 1.54) is 11.1 Å². The highest BCUT2D eigenvalue weighted by atomic mass is 15.3. The maximum absolute atomic E-state index is 6.08. The van der Waals surface area contributed by atoms with Gasteiger partial charge in [0.25, 0.3) is 0 Å². The molecule has 2 rings (SSSR count). The Hall–Kier alpha value is -1.77. The van der Waals surface area contributed by atoms with Gasteiger partial charge < -0.3 is 5.73 Å². The third-order valence-electron chi connectivity index (χ3n) is 2.91. The van der Waals surface area contributed by atoms with Crippen molar-refractivity contribution in [2.24, 2.45) is 7.05 Å². The van der Waals surface area contributed by atoms with Crippen LogP contribution in [0.2, 0.25) is 0 Å². The van der Waals surface area contributed by atoms with Gasteiger partial charge in [-0.1, -0.05) is 31.2 Å². The average Bonchev–Trinajstić information content (AvgIpc) is 2.56. The van der Waals surface area contributed by atoms with Crippen LogP contribution in [0.15, 0.2) is 24.3 Å². The van der Waals surface area contributed by atoms with E-state index in [2.05, 4.69) is 31.1 Å². The van der Waals surface area contributed by atoms with Crippen LogP contribution in [-0.4, -0.2) is 9.78 Å². The molecule has 0 radical (unpaired) electrons. The number of anilines is 1. The number of aryl methyl sites for hydroxylation is 3. The Labute approximate surface area is 95.9 Å². The van der Waals surface area contributed by atoms with Gasteiger partial charge in [0.15, 0.2) is 0 Å². The van der Waals surface area contributed by atoms with Crippen molar-refractivity contribution in [3.63, 3.8) is 0 Å². The van der Waals surface area contributed by atoms with Gasteiger partial charge in [-0.15, -0.1) is 0 Å². The van der Waals surface area contributed by atoms with Crippen LogP contribution >= 0.6 is 0 Å².